The van der Waals surface area contributed by atoms with Crippen molar-refractivity contribution < 1.29 is 14.3 Å². The molecule has 0 unspecified atom stereocenters. The highest BCUT2D eigenvalue weighted by atomic mass is 16.5. The molecule has 2 rings (SSSR count). The average molecular weight is 345 g/mol. The molecule has 1 aromatic heterocycles. The number of rotatable bonds is 7. The third kappa shape index (κ3) is 4.23. The monoisotopic (exact) mass is 345 g/mol. The third-order valence-electron chi connectivity index (χ3n) is 3.79. The number of fused-ring (bicyclic) bond motifs is 1. The van der Waals surface area contributed by atoms with Crippen LogP contribution < -0.4 is 10.9 Å². The molecule has 0 bridgehead atoms. The number of hydrogen-bond acceptors (Lipinski definition) is 5. The number of nitrogens with zero attached hydrogens (tertiary/aromatic N) is 2. The lowest BCUT2D eigenvalue weighted by Gasteiger charge is -2.14. The first-order valence-electron chi connectivity index (χ1n) is 8.48. The zero-order valence-electron chi connectivity index (χ0n) is 14.7. The number of likely N-dealkylation sites (N-methyl/N-ethyl adjacent to an activating group) is 1. The minimum Gasteiger partial charge on any atom is -0.448 e. The number of carbonyl (C=O) groups excluding carboxylic acids is 2. The predicted molar refractivity (Wildman–Crippen MR) is 94.5 cm³/mol. The second-order valence-corrected chi connectivity index (χ2v) is 5.72. The molecule has 0 fully saturated rings. The van der Waals surface area contributed by atoms with Crippen LogP contribution in [0.25, 0.3) is 10.8 Å². The number of benzene rings is 1. The van der Waals surface area contributed by atoms with E-state index in [1.165, 1.54) is 11.6 Å². The van der Waals surface area contributed by atoms with E-state index in [9.17, 15) is 14.4 Å². The van der Waals surface area contributed by atoms with Crippen LogP contribution in [0.4, 0.5) is 0 Å². The molecule has 0 saturated carbocycles. The maximum Gasteiger partial charge on any atom is 0.360 e. The fourth-order valence-corrected chi connectivity index (χ4v) is 2.43. The van der Waals surface area contributed by atoms with E-state index < -0.39 is 12.1 Å². The fourth-order valence-electron chi connectivity index (χ4n) is 2.43. The van der Waals surface area contributed by atoms with Crippen molar-refractivity contribution in [1.82, 2.24) is 15.1 Å². The summed E-state index contributed by atoms with van der Waals surface area (Å²) < 4.78 is 6.52. The molecule has 1 amide bonds. The van der Waals surface area contributed by atoms with Crippen LogP contribution in [0.5, 0.6) is 0 Å². The molecule has 134 valence electrons. The summed E-state index contributed by atoms with van der Waals surface area (Å²) >= 11 is 0. The Bertz CT molecular complexity index is 829. The lowest BCUT2D eigenvalue weighted by Crippen LogP contribution is -2.36. The number of esters is 1. The first kappa shape index (κ1) is 18.6. The van der Waals surface area contributed by atoms with Gasteiger partial charge in [0.25, 0.3) is 11.5 Å². The Labute approximate surface area is 146 Å². The zero-order valence-corrected chi connectivity index (χ0v) is 14.7. The van der Waals surface area contributed by atoms with Crippen molar-refractivity contribution in [2.75, 3.05) is 6.54 Å². The minimum absolute atomic E-state index is 0.0439. The Kier molecular flexibility index (Phi) is 6.27. The van der Waals surface area contributed by atoms with Crippen molar-refractivity contribution in [2.45, 2.75) is 46.3 Å². The Morgan fingerprint density at radius 2 is 1.92 bits per heavy atom. The lowest BCUT2D eigenvalue weighted by atomic mass is 10.1. The van der Waals surface area contributed by atoms with Crippen molar-refractivity contribution in [2.24, 2.45) is 0 Å². The van der Waals surface area contributed by atoms with Gasteiger partial charge in [0.15, 0.2) is 11.8 Å². The van der Waals surface area contributed by atoms with E-state index in [0.717, 1.165) is 12.8 Å². The highest BCUT2D eigenvalue weighted by Gasteiger charge is 2.22. The van der Waals surface area contributed by atoms with E-state index in [2.05, 4.69) is 10.4 Å². The summed E-state index contributed by atoms with van der Waals surface area (Å²) in [6, 6.07) is 6.78. The molecule has 0 aliphatic rings. The van der Waals surface area contributed by atoms with E-state index in [-0.39, 0.29) is 17.2 Å². The van der Waals surface area contributed by atoms with Gasteiger partial charge in [-0.3, -0.25) is 9.59 Å². The largest absolute Gasteiger partial charge is 0.448 e. The van der Waals surface area contributed by atoms with Gasteiger partial charge in [0.2, 0.25) is 0 Å². The van der Waals surface area contributed by atoms with Gasteiger partial charge in [-0.05, 0) is 26.3 Å². The van der Waals surface area contributed by atoms with Gasteiger partial charge >= 0.3 is 5.97 Å². The molecule has 1 aromatic carbocycles. The van der Waals surface area contributed by atoms with Gasteiger partial charge in [-0.2, -0.15) is 5.10 Å². The normalized spacial score (nSPS) is 12.0. The van der Waals surface area contributed by atoms with E-state index in [1.54, 1.807) is 31.2 Å². The molecule has 0 spiro atoms. The number of hydrogen-bond donors (Lipinski definition) is 1. The summed E-state index contributed by atoms with van der Waals surface area (Å²) in [5, 5.41) is 7.62. The van der Waals surface area contributed by atoms with Gasteiger partial charge in [-0.25, -0.2) is 9.48 Å². The molecule has 1 heterocycles. The quantitative estimate of drug-likeness (QED) is 0.774. The average Bonchev–Trinajstić information content (AvgIpc) is 2.61. The van der Waals surface area contributed by atoms with Crippen LogP contribution in [0.2, 0.25) is 0 Å². The number of nitrogens with one attached hydrogen (secondary N) is 1. The minimum atomic E-state index is -0.941. The molecule has 7 nitrogen and oxygen atoms in total. The predicted octanol–water partition coefficient (Wildman–Crippen LogP) is 1.88. The van der Waals surface area contributed by atoms with Crippen LogP contribution in [-0.4, -0.2) is 34.3 Å². The second-order valence-electron chi connectivity index (χ2n) is 5.72. The number of aryl methyl sites for hydroxylation is 1. The Hall–Kier alpha value is -2.70. The summed E-state index contributed by atoms with van der Waals surface area (Å²) in [5.74, 6) is -1.10. The maximum atomic E-state index is 12.5. The summed E-state index contributed by atoms with van der Waals surface area (Å²) in [6.45, 7) is 6.16. The highest BCUT2D eigenvalue weighted by Crippen LogP contribution is 2.15. The van der Waals surface area contributed by atoms with Gasteiger partial charge in [-0.1, -0.05) is 31.5 Å². The summed E-state index contributed by atoms with van der Waals surface area (Å²) in [5.41, 5.74) is -0.195. The molecule has 7 heteroatoms. The van der Waals surface area contributed by atoms with Crippen LogP contribution in [-0.2, 0) is 16.1 Å². The van der Waals surface area contributed by atoms with Gasteiger partial charge in [0.05, 0.1) is 5.39 Å². The number of unbranched alkanes of at least 4 members (excludes halogenated alkanes) is 1. The van der Waals surface area contributed by atoms with Gasteiger partial charge in [-0.15, -0.1) is 0 Å². The lowest BCUT2D eigenvalue weighted by molar-refractivity contribution is -0.128. The molecule has 1 atom stereocenters. The SMILES string of the molecule is CCCCn1nc(C(=O)O[C@H](C)C(=O)NCC)c2ccccc2c1=O. The molecule has 25 heavy (non-hydrogen) atoms. The smallest absolute Gasteiger partial charge is 0.360 e. The topological polar surface area (TPSA) is 90.3 Å². The zero-order chi connectivity index (χ0) is 18.4. The number of amides is 1. The van der Waals surface area contributed by atoms with Gasteiger partial charge in [0.1, 0.15) is 0 Å². The van der Waals surface area contributed by atoms with Crippen LogP contribution in [0.15, 0.2) is 29.1 Å². The van der Waals surface area contributed by atoms with Crippen molar-refractivity contribution >= 4 is 22.6 Å². The summed E-state index contributed by atoms with van der Waals surface area (Å²) in [6.07, 6.45) is 0.730. The van der Waals surface area contributed by atoms with Crippen LogP contribution in [0.3, 0.4) is 0 Å². The van der Waals surface area contributed by atoms with Crippen LogP contribution in [0, 0.1) is 0 Å². The standard InChI is InChI=1S/C18H23N3O4/c1-4-6-11-21-17(23)14-10-8-7-9-13(14)15(20-21)18(24)25-12(3)16(22)19-5-2/h7-10,12H,4-6,11H2,1-3H3,(H,19,22)/t12-/m1/s1. The molecule has 1 N–H and O–H groups in total. The van der Waals surface area contributed by atoms with Crippen LogP contribution >= 0.6 is 0 Å². The molecule has 2 aromatic rings. The first-order chi connectivity index (χ1) is 12.0. The van der Waals surface area contributed by atoms with Crippen molar-refractivity contribution in [3.8, 4) is 0 Å². The molecule has 0 radical (unpaired) electrons. The molecule has 0 aliphatic carbocycles. The Morgan fingerprint density at radius 1 is 1.24 bits per heavy atom. The Balaban J connectivity index is 2.42. The Morgan fingerprint density at radius 3 is 2.56 bits per heavy atom. The van der Waals surface area contributed by atoms with E-state index >= 15 is 0 Å². The fraction of sp³-hybridized carbons (Fsp3) is 0.444. The van der Waals surface area contributed by atoms with Crippen molar-refractivity contribution in [1.29, 1.82) is 0 Å². The molecule has 0 saturated heterocycles. The van der Waals surface area contributed by atoms with Gasteiger partial charge < -0.3 is 10.1 Å². The van der Waals surface area contributed by atoms with Gasteiger partial charge in [0, 0.05) is 18.5 Å². The van der Waals surface area contributed by atoms with Crippen molar-refractivity contribution in [3.63, 3.8) is 0 Å². The van der Waals surface area contributed by atoms with Crippen molar-refractivity contribution in [3.05, 3.63) is 40.3 Å². The highest BCUT2D eigenvalue weighted by molar-refractivity contribution is 6.02. The number of aromatic nitrogens is 2. The second kappa shape index (κ2) is 8.41. The summed E-state index contributed by atoms with van der Waals surface area (Å²) in [4.78, 5) is 36.8. The van der Waals surface area contributed by atoms with E-state index in [4.69, 9.17) is 4.74 Å². The molecule has 0 aliphatic heterocycles. The van der Waals surface area contributed by atoms with Crippen LogP contribution in [0.1, 0.15) is 44.1 Å². The van der Waals surface area contributed by atoms with E-state index in [0.29, 0.717) is 23.9 Å². The number of carbonyl (C=O) groups is 2. The van der Waals surface area contributed by atoms with E-state index in [1.807, 2.05) is 6.92 Å². The molecular weight excluding hydrogens is 322 g/mol. The molecular formula is C18H23N3O4. The summed E-state index contributed by atoms with van der Waals surface area (Å²) in [7, 11) is 0. The first-order valence-corrected chi connectivity index (χ1v) is 8.48. The third-order valence-corrected chi connectivity index (χ3v) is 3.79. The number of ether oxygens (including phenoxy) is 1. The maximum absolute atomic E-state index is 12.5.